The van der Waals surface area contributed by atoms with Crippen LogP contribution in [0.1, 0.15) is 15.6 Å². The third kappa shape index (κ3) is 4.61. The van der Waals surface area contributed by atoms with Crippen molar-refractivity contribution in [3.8, 4) is 0 Å². The minimum absolute atomic E-state index is 0.0485. The molecule has 1 N–H and O–H groups in total. The highest BCUT2D eigenvalue weighted by atomic mass is 32.1. The highest BCUT2D eigenvalue weighted by molar-refractivity contribution is 7.10. The van der Waals surface area contributed by atoms with Gasteiger partial charge in [-0.25, -0.2) is 4.98 Å². The summed E-state index contributed by atoms with van der Waals surface area (Å²) in [6, 6.07) is 3.94. The van der Waals surface area contributed by atoms with Crippen LogP contribution in [0.3, 0.4) is 0 Å². The fourth-order valence-electron chi connectivity index (χ4n) is 2.30. The summed E-state index contributed by atoms with van der Waals surface area (Å²) in [4.78, 5) is 19.9. The van der Waals surface area contributed by atoms with Gasteiger partial charge in [-0.15, -0.1) is 22.7 Å². The lowest BCUT2D eigenvalue weighted by atomic mass is 10.3. The average molecular weight is 337 g/mol. The van der Waals surface area contributed by atoms with Gasteiger partial charge in [0.05, 0.1) is 31.9 Å². The van der Waals surface area contributed by atoms with Gasteiger partial charge in [0.25, 0.3) is 0 Å². The van der Waals surface area contributed by atoms with Crippen LogP contribution in [0.25, 0.3) is 0 Å². The first-order valence-electron chi connectivity index (χ1n) is 7.32. The lowest BCUT2D eigenvalue weighted by Crippen LogP contribution is -2.35. The van der Waals surface area contributed by atoms with Crippen molar-refractivity contribution in [1.29, 1.82) is 0 Å². The zero-order chi connectivity index (χ0) is 15.2. The van der Waals surface area contributed by atoms with E-state index in [-0.39, 0.29) is 5.91 Å². The number of thiophene rings is 1. The molecular weight excluding hydrogens is 318 g/mol. The maximum atomic E-state index is 11.9. The van der Waals surface area contributed by atoms with Crippen molar-refractivity contribution in [2.24, 2.45) is 0 Å². The molecule has 0 unspecified atom stereocenters. The Morgan fingerprint density at radius 1 is 1.36 bits per heavy atom. The average Bonchev–Trinajstić information content (AvgIpc) is 3.18. The van der Waals surface area contributed by atoms with Gasteiger partial charge in [-0.1, -0.05) is 6.07 Å². The van der Waals surface area contributed by atoms with Crippen molar-refractivity contribution in [2.45, 2.75) is 19.5 Å². The highest BCUT2D eigenvalue weighted by Gasteiger charge is 2.13. The Bertz CT molecular complexity index is 592. The van der Waals surface area contributed by atoms with Crippen LogP contribution in [0.5, 0.6) is 0 Å². The molecule has 0 aliphatic carbocycles. The van der Waals surface area contributed by atoms with Gasteiger partial charge in [-0.3, -0.25) is 9.69 Å². The molecule has 2 aromatic heterocycles. The number of amides is 1. The molecule has 0 radical (unpaired) electrons. The van der Waals surface area contributed by atoms with Crippen molar-refractivity contribution < 1.29 is 9.53 Å². The third-order valence-electron chi connectivity index (χ3n) is 3.44. The quantitative estimate of drug-likeness (QED) is 0.875. The summed E-state index contributed by atoms with van der Waals surface area (Å²) in [7, 11) is 0. The summed E-state index contributed by atoms with van der Waals surface area (Å²) in [5.74, 6) is 0.0485. The largest absolute Gasteiger partial charge is 0.379 e. The van der Waals surface area contributed by atoms with E-state index >= 15 is 0 Å². The van der Waals surface area contributed by atoms with Crippen LogP contribution < -0.4 is 5.32 Å². The molecule has 0 saturated carbocycles. The molecule has 3 rings (SSSR count). The molecule has 2 aromatic rings. The van der Waals surface area contributed by atoms with Crippen LogP contribution in [0.15, 0.2) is 22.9 Å². The van der Waals surface area contributed by atoms with Gasteiger partial charge in [-0.2, -0.15) is 0 Å². The zero-order valence-electron chi connectivity index (χ0n) is 12.3. The lowest BCUT2D eigenvalue weighted by Gasteiger charge is -2.25. The second-order valence-electron chi connectivity index (χ2n) is 5.15. The first-order valence-corrected chi connectivity index (χ1v) is 9.08. The molecule has 5 nitrogen and oxygen atoms in total. The smallest absolute Gasteiger partial charge is 0.225 e. The third-order valence-corrected chi connectivity index (χ3v) is 5.21. The van der Waals surface area contributed by atoms with E-state index in [2.05, 4.69) is 20.6 Å². The van der Waals surface area contributed by atoms with Crippen LogP contribution in [0, 0.1) is 0 Å². The molecule has 0 spiro atoms. The molecule has 22 heavy (non-hydrogen) atoms. The summed E-state index contributed by atoms with van der Waals surface area (Å²) in [6.45, 7) is 4.90. The lowest BCUT2D eigenvalue weighted by molar-refractivity contribution is -0.120. The Kier molecular flexibility index (Phi) is 5.55. The van der Waals surface area contributed by atoms with Gasteiger partial charge in [0, 0.05) is 29.9 Å². The van der Waals surface area contributed by atoms with Crippen LogP contribution >= 0.6 is 22.7 Å². The number of carbonyl (C=O) groups excluding carboxylic acids is 1. The Hall–Kier alpha value is -1.28. The zero-order valence-corrected chi connectivity index (χ0v) is 13.9. The SMILES string of the molecule is O=C(Cc1cccs1)NCc1nc(CN2CCOCC2)cs1. The molecular formula is C15H19N3O2S2. The molecule has 1 saturated heterocycles. The molecule has 0 aromatic carbocycles. The summed E-state index contributed by atoms with van der Waals surface area (Å²) < 4.78 is 5.34. The Morgan fingerprint density at radius 3 is 3.00 bits per heavy atom. The fourth-order valence-corrected chi connectivity index (χ4v) is 3.73. The van der Waals surface area contributed by atoms with Gasteiger partial charge >= 0.3 is 0 Å². The van der Waals surface area contributed by atoms with Crippen molar-refractivity contribution in [1.82, 2.24) is 15.2 Å². The van der Waals surface area contributed by atoms with E-state index in [0.29, 0.717) is 13.0 Å². The number of aromatic nitrogens is 1. The number of rotatable bonds is 6. The topological polar surface area (TPSA) is 54.5 Å². The molecule has 1 amide bonds. The monoisotopic (exact) mass is 337 g/mol. The normalized spacial score (nSPS) is 15.8. The molecule has 0 bridgehead atoms. The minimum atomic E-state index is 0.0485. The molecule has 1 fully saturated rings. The standard InChI is InChI=1S/C15H19N3O2S2/c19-14(8-13-2-1-7-21-13)16-9-15-17-12(11-22-15)10-18-3-5-20-6-4-18/h1-2,7,11H,3-6,8-10H2,(H,16,19). The molecule has 1 aliphatic rings. The minimum Gasteiger partial charge on any atom is -0.379 e. The predicted molar refractivity (Wildman–Crippen MR) is 88.1 cm³/mol. The van der Waals surface area contributed by atoms with Gasteiger partial charge in [-0.05, 0) is 11.4 Å². The molecule has 3 heterocycles. The van der Waals surface area contributed by atoms with Crippen molar-refractivity contribution in [2.75, 3.05) is 26.3 Å². The molecule has 1 aliphatic heterocycles. The van der Waals surface area contributed by atoms with E-state index in [1.54, 1.807) is 22.7 Å². The summed E-state index contributed by atoms with van der Waals surface area (Å²) in [6.07, 6.45) is 0.448. The van der Waals surface area contributed by atoms with Crippen LogP contribution in [0.4, 0.5) is 0 Å². The van der Waals surface area contributed by atoms with E-state index < -0.39 is 0 Å². The van der Waals surface area contributed by atoms with Gasteiger partial charge in [0.15, 0.2) is 0 Å². The number of thiazole rings is 1. The van der Waals surface area contributed by atoms with Crippen LogP contribution in [-0.4, -0.2) is 42.1 Å². The Morgan fingerprint density at radius 2 is 2.23 bits per heavy atom. The number of nitrogens with one attached hydrogen (secondary N) is 1. The second-order valence-corrected chi connectivity index (χ2v) is 7.13. The highest BCUT2D eigenvalue weighted by Crippen LogP contribution is 2.13. The van der Waals surface area contributed by atoms with Crippen LogP contribution in [-0.2, 0) is 29.0 Å². The molecule has 118 valence electrons. The first kappa shape index (κ1) is 15.6. The summed E-state index contributed by atoms with van der Waals surface area (Å²) >= 11 is 3.21. The van der Waals surface area contributed by atoms with Gasteiger partial charge in [0.2, 0.25) is 5.91 Å². The van der Waals surface area contributed by atoms with Gasteiger partial charge < -0.3 is 10.1 Å². The number of nitrogens with zero attached hydrogens (tertiary/aromatic N) is 2. The van der Waals surface area contributed by atoms with Crippen molar-refractivity contribution in [3.63, 3.8) is 0 Å². The van der Waals surface area contributed by atoms with E-state index in [1.807, 2.05) is 17.5 Å². The number of hydrogen-bond donors (Lipinski definition) is 1. The molecule has 0 atom stereocenters. The summed E-state index contributed by atoms with van der Waals surface area (Å²) in [5.41, 5.74) is 1.08. The van der Waals surface area contributed by atoms with E-state index in [9.17, 15) is 4.79 Å². The van der Waals surface area contributed by atoms with E-state index in [4.69, 9.17) is 4.74 Å². The Balaban J connectivity index is 1.44. The molecule has 7 heteroatoms. The van der Waals surface area contributed by atoms with E-state index in [1.165, 1.54) is 0 Å². The maximum absolute atomic E-state index is 11.9. The maximum Gasteiger partial charge on any atom is 0.225 e. The van der Waals surface area contributed by atoms with Crippen LogP contribution in [0.2, 0.25) is 0 Å². The van der Waals surface area contributed by atoms with E-state index in [0.717, 1.165) is 48.4 Å². The number of hydrogen-bond acceptors (Lipinski definition) is 6. The Labute approximate surface area is 137 Å². The second kappa shape index (κ2) is 7.82. The number of carbonyl (C=O) groups is 1. The number of ether oxygens (including phenoxy) is 1. The van der Waals surface area contributed by atoms with Crippen molar-refractivity contribution >= 4 is 28.6 Å². The van der Waals surface area contributed by atoms with Crippen molar-refractivity contribution in [3.05, 3.63) is 38.5 Å². The summed E-state index contributed by atoms with van der Waals surface area (Å²) in [5, 5.41) is 7.96. The first-order chi connectivity index (χ1) is 10.8. The fraction of sp³-hybridized carbons (Fsp3) is 0.467. The predicted octanol–water partition coefficient (Wildman–Crippen LogP) is 1.90. The number of morpholine rings is 1. The van der Waals surface area contributed by atoms with Gasteiger partial charge in [0.1, 0.15) is 5.01 Å².